The topological polar surface area (TPSA) is 46.5 Å². The Morgan fingerprint density at radius 3 is 2.52 bits per heavy atom. The van der Waals surface area contributed by atoms with E-state index >= 15 is 0 Å². The summed E-state index contributed by atoms with van der Waals surface area (Å²) in [6.07, 6.45) is 10.1. The molecule has 0 spiro atoms. The van der Waals surface area contributed by atoms with Crippen molar-refractivity contribution in [1.29, 1.82) is 0 Å². The maximum Gasteiger partial charge on any atom is 0.192 e. The van der Waals surface area contributed by atoms with E-state index in [1.165, 1.54) is 19.3 Å². The lowest BCUT2D eigenvalue weighted by Gasteiger charge is -2.39. The highest BCUT2D eigenvalue weighted by atomic mass is 28.4. The SMILES string of the molecule is CCCCCC(/C=C/[C@@H]1[C@H]2CC(=O)[C@H]2C[C@H]1O)O[Si](C)(C)C(C)(C)C. The predicted octanol–water partition coefficient (Wildman–Crippen LogP) is 5.10. The number of aliphatic hydroxyl groups is 1. The molecule has 0 heterocycles. The first kappa shape index (κ1) is 20.9. The van der Waals surface area contributed by atoms with Gasteiger partial charge in [0.25, 0.3) is 0 Å². The van der Waals surface area contributed by atoms with Crippen molar-refractivity contribution in [3.8, 4) is 0 Å². The second kappa shape index (κ2) is 8.06. The van der Waals surface area contributed by atoms with Crippen molar-refractivity contribution >= 4 is 14.1 Å². The second-order valence-corrected chi connectivity index (χ2v) is 14.4. The van der Waals surface area contributed by atoms with Crippen LogP contribution in [0.25, 0.3) is 0 Å². The molecule has 0 aromatic carbocycles. The third-order valence-electron chi connectivity index (χ3n) is 6.69. The van der Waals surface area contributed by atoms with Crippen molar-refractivity contribution in [2.75, 3.05) is 0 Å². The molecule has 25 heavy (non-hydrogen) atoms. The zero-order chi connectivity index (χ0) is 18.8. The number of carbonyl (C=O) groups excluding carboxylic acids is 1. The number of hydrogen-bond acceptors (Lipinski definition) is 3. The van der Waals surface area contributed by atoms with Gasteiger partial charge in [0.05, 0.1) is 12.2 Å². The van der Waals surface area contributed by atoms with Crippen LogP contribution in [-0.2, 0) is 9.22 Å². The fourth-order valence-corrected chi connectivity index (χ4v) is 5.19. The highest BCUT2D eigenvalue weighted by molar-refractivity contribution is 6.74. The maximum absolute atomic E-state index is 11.7. The molecule has 2 fully saturated rings. The minimum atomic E-state index is -1.82. The number of hydrogen-bond donors (Lipinski definition) is 1. The molecular weight excluding hydrogens is 328 g/mol. The van der Waals surface area contributed by atoms with Crippen LogP contribution in [0.3, 0.4) is 0 Å². The fraction of sp³-hybridized carbons (Fsp3) is 0.857. The van der Waals surface area contributed by atoms with Gasteiger partial charge in [-0.2, -0.15) is 0 Å². The standard InChI is InChI=1S/C21H38O3Si/c1-7-8-9-10-15(24-25(5,6)21(2,3)4)11-12-16-17-13-20(23)18(17)14-19(16)22/h11-12,15-19,22H,7-10,13-14H2,1-6H3/b12-11+/t15?,16-,17-,18+,19-/m1/s1. The lowest BCUT2D eigenvalue weighted by atomic mass is 9.71. The zero-order valence-corrected chi connectivity index (χ0v) is 18.0. The lowest BCUT2D eigenvalue weighted by molar-refractivity contribution is -0.133. The van der Waals surface area contributed by atoms with E-state index in [0.29, 0.717) is 24.5 Å². The maximum atomic E-state index is 11.7. The molecule has 2 saturated carbocycles. The molecule has 2 aliphatic rings. The molecule has 0 saturated heterocycles. The highest BCUT2D eigenvalue weighted by Crippen LogP contribution is 2.48. The van der Waals surface area contributed by atoms with E-state index in [-0.39, 0.29) is 29.1 Å². The van der Waals surface area contributed by atoms with E-state index in [9.17, 15) is 9.90 Å². The summed E-state index contributed by atoms with van der Waals surface area (Å²) in [4.78, 5) is 11.7. The van der Waals surface area contributed by atoms with E-state index in [4.69, 9.17) is 4.43 Å². The summed E-state index contributed by atoms with van der Waals surface area (Å²) in [7, 11) is -1.82. The van der Waals surface area contributed by atoms with E-state index in [1.54, 1.807) is 0 Å². The predicted molar refractivity (Wildman–Crippen MR) is 106 cm³/mol. The summed E-state index contributed by atoms with van der Waals surface area (Å²) in [5, 5.41) is 10.5. The monoisotopic (exact) mass is 366 g/mol. The molecule has 4 heteroatoms. The normalized spacial score (nSPS) is 31.2. The van der Waals surface area contributed by atoms with Gasteiger partial charge in [-0.3, -0.25) is 4.79 Å². The van der Waals surface area contributed by atoms with Crippen molar-refractivity contribution in [3.05, 3.63) is 12.2 Å². The molecule has 0 aromatic heterocycles. The molecule has 0 aromatic rings. The minimum absolute atomic E-state index is 0.115. The van der Waals surface area contributed by atoms with Gasteiger partial charge in [-0.1, -0.05) is 59.1 Å². The van der Waals surface area contributed by atoms with E-state index in [2.05, 4.69) is 52.9 Å². The molecule has 0 aliphatic heterocycles. The average molecular weight is 367 g/mol. The van der Waals surface area contributed by atoms with Crippen molar-refractivity contribution in [2.45, 2.75) is 96.6 Å². The van der Waals surface area contributed by atoms with Crippen LogP contribution >= 0.6 is 0 Å². The molecule has 144 valence electrons. The Bertz CT molecular complexity index is 492. The van der Waals surface area contributed by atoms with Gasteiger partial charge in [0, 0.05) is 18.3 Å². The minimum Gasteiger partial charge on any atom is -0.411 e. The van der Waals surface area contributed by atoms with E-state index < -0.39 is 8.32 Å². The largest absolute Gasteiger partial charge is 0.411 e. The van der Waals surface area contributed by atoms with Crippen LogP contribution in [-0.4, -0.2) is 31.4 Å². The van der Waals surface area contributed by atoms with Crippen molar-refractivity contribution in [1.82, 2.24) is 0 Å². The highest BCUT2D eigenvalue weighted by Gasteiger charge is 2.52. The van der Waals surface area contributed by atoms with E-state index in [0.717, 1.165) is 6.42 Å². The molecule has 5 atom stereocenters. The average Bonchev–Trinajstić information content (AvgIpc) is 2.75. The van der Waals surface area contributed by atoms with Crippen LogP contribution < -0.4 is 0 Å². The van der Waals surface area contributed by atoms with Crippen LogP contribution in [0.15, 0.2) is 12.2 Å². The van der Waals surface area contributed by atoms with Gasteiger partial charge in [-0.25, -0.2) is 0 Å². The summed E-state index contributed by atoms with van der Waals surface area (Å²) in [5.74, 6) is 0.962. The summed E-state index contributed by atoms with van der Waals surface area (Å²) < 4.78 is 6.65. The van der Waals surface area contributed by atoms with Gasteiger partial charge in [-0.15, -0.1) is 0 Å². The molecule has 0 amide bonds. The Morgan fingerprint density at radius 2 is 2.00 bits per heavy atom. The van der Waals surface area contributed by atoms with E-state index in [1.807, 2.05) is 0 Å². The first-order valence-electron chi connectivity index (χ1n) is 10.1. The van der Waals surface area contributed by atoms with Gasteiger partial charge in [0.2, 0.25) is 0 Å². The van der Waals surface area contributed by atoms with Gasteiger partial charge >= 0.3 is 0 Å². The summed E-state index contributed by atoms with van der Waals surface area (Å²) in [5.41, 5.74) is 0. The molecule has 0 bridgehead atoms. The van der Waals surface area contributed by atoms with Crippen LogP contribution in [0.1, 0.15) is 66.2 Å². The molecular formula is C21H38O3Si. The number of fused-ring (bicyclic) bond motifs is 1. The number of aliphatic hydroxyl groups excluding tert-OH is 1. The second-order valence-electron chi connectivity index (χ2n) is 9.62. The fourth-order valence-electron chi connectivity index (χ4n) is 3.89. The summed E-state index contributed by atoms with van der Waals surface area (Å²) in [6.45, 7) is 13.7. The number of rotatable bonds is 8. The van der Waals surface area contributed by atoms with Gasteiger partial charge in [0.1, 0.15) is 5.78 Å². The van der Waals surface area contributed by atoms with Crippen LogP contribution in [0.2, 0.25) is 18.1 Å². The molecule has 3 nitrogen and oxygen atoms in total. The van der Waals surface area contributed by atoms with Crippen molar-refractivity contribution in [2.24, 2.45) is 17.8 Å². The molecule has 1 N–H and O–H groups in total. The Balaban J connectivity index is 2.03. The zero-order valence-electron chi connectivity index (χ0n) is 17.0. The molecule has 1 unspecified atom stereocenters. The molecule has 0 radical (unpaired) electrons. The van der Waals surface area contributed by atoms with Crippen LogP contribution in [0, 0.1) is 17.8 Å². The van der Waals surface area contributed by atoms with Gasteiger partial charge < -0.3 is 9.53 Å². The van der Waals surface area contributed by atoms with Gasteiger partial charge in [0.15, 0.2) is 8.32 Å². The van der Waals surface area contributed by atoms with Crippen LogP contribution in [0.4, 0.5) is 0 Å². The Morgan fingerprint density at radius 1 is 1.32 bits per heavy atom. The van der Waals surface area contributed by atoms with Crippen molar-refractivity contribution < 1.29 is 14.3 Å². The number of Topliss-reactive ketones (excluding diaryl/α,β-unsaturated/α-hetero) is 1. The Labute approximate surface area is 155 Å². The molecule has 2 aliphatic carbocycles. The number of unbranched alkanes of at least 4 members (excludes halogenated alkanes) is 2. The Hall–Kier alpha value is -0.453. The van der Waals surface area contributed by atoms with Gasteiger partial charge in [-0.05, 0) is 36.9 Å². The Kier molecular flexibility index (Phi) is 6.72. The lowest BCUT2D eigenvalue weighted by Crippen LogP contribution is -2.43. The van der Waals surface area contributed by atoms with Crippen LogP contribution in [0.5, 0.6) is 0 Å². The smallest absolute Gasteiger partial charge is 0.192 e. The first-order chi connectivity index (χ1) is 11.6. The summed E-state index contributed by atoms with van der Waals surface area (Å²) in [6, 6.07) is 0. The number of ketones is 1. The summed E-state index contributed by atoms with van der Waals surface area (Å²) >= 11 is 0. The molecule has 2 rings (SSSR count). The third-order valence-corrected chi connectivity index (χ3v) is 11.2. The first-order valence-corrected chi connectivity index (χ1v) is 13.0. The van der Waals surface area contributed by atoms with Crippen molar-refractivity contribution in [3.63, 3.8) is 0 Å². The number of carbonyl (C=O) groups is 1. The quantitative estimate of drug-likeness (QED) is 0.369. The third kappa shape index (κ3) is 4.84.